The minimum Gasteiger partial charge on any atom is -0.456 e. The number of hydrogen-bond acceptors (Lipinski definition) is 4. The molecule has 4 N–H and O–H groups in total. The third-order valence-corrected chi connectivity index (χ3v) is 3.35. The zero-order chi connectivity index (χ0) is 19.0. The summed E-state index contributed by atoms with van der Waals surface area (Å²) in [5.74, 6) is -0.731. The van der Waals surface area contributed by atoms with Crippen molar-refractivity contribution >= 4 is 23.6 Å². The average Bonchev–Trinajstić information content (AvgIpc) is 2.50. The number of nitrogens with one attached hydrogen (secondary N) is 2. The minimum absolute atomic E-state index is 0.121. The molecule has 0 fully saturated rings. The number of benzene rings is 1. The van der Waals surface area contributed by atoms with E-state index in [4.69, 9.17) is 10.5 Å². The van der Waals surface area contributed by atoms with Crippen molar-refractivity contribution in [2.45, 2.75) is 46.1 Å². The SMILES string of the molecule is C[C@@H](CCCNC(N)=O)C(=O)Nc1ccc(C(=O)OC(C)(C)C)cc1. The van der Waals surface area contributed by atoms with Crippen LogP contribution in [0, 0.1) is 5.92 Å². The van der Waals surface area contributed by atoms with Crippen molar-refractivity contribution < 1.29 is 19.1 Å². The van der Waals surface area contributed by atoms with Crippen molar-refractivity contribution in [2.75, 3.05) is 11.9 Å². The summed E-state index contributed by atoms with van der Waals surface area (Å²) in [7, 11) is 0. The molecule has 1 atom stereocenters. The van der Waals surface area contributed by atoms with Gasteiger partial charge >= 0.3 is 12.0 Å². The molecule has 1 rings (SSSR count). The van der Waals surface area contributed by atoms with Crippen LogP contribution in [-0.2, 0) is 9.53 Å². The second kappa shape index (κ2) is 9.05. The van der Waals surface area contributed by atoms with E-state index in [0.29, 0.717) is 30.6 Å². The number of urea groups is 1. The topological polar surface area (TPSA) is 111 Å². The second-order valence-electron chi connectivity index (χ2n) is 6.90. The molecule has 25 heavy (non-hydrogen) atoms. The van der Waals surface area contributed by atoms with E-state index in [9.17, 15) is 14.4 Å². The van der Waals surface area contributed by atoms with Crippen molar-refractivity contribution in [2.24, 2.45) is 11.7 Å². The van der Waals surface area contributed by atoms with Crippen LogP contribution in [0.2, 0.25) is 0 Å². The zero-order valence-electron chi connectivity index (χ0n) is 15.2. The predicted octanol–water partition coefficient (Wildman–Crippen LogP) is 2.67. The van der Waals surface area contributed by atoms with Gasteiger partial charge in [-0.15, -0.1) is 0 Å². The first-order valence-corrected chi connectivity index (χ1v) is 8.26. The highest BCUT2D eigenvalue weighted by atomic mass is 16.6. The smallest absolute Gasteiger partial charge is 0.338 e. The summed E-state index contributed by atoms with van der Waals surface area (Å²) >= 11 is 0. The van der Waals surface area contributed by atoms with Gasteiger partial charge in [0.15, 0.2) is 0 Å². The standard InChI is InChI=1S/C18H27N3O4/c1-12(6-5-11-20-17(19)24)15(22)21-14-9-7-13(8-10-14)16(23)25-18(2,3)4/h7-10,12H,5-6,11H2,1-4H3,(H,21,22)(H3,19,20,24)/t12-/m0/s1. The van der Waals surface area contributed by atoms with E-state index in [1.807, 2.05) is 6.92 Å². The molecule has 1 aromatic carbocycles. The quantitative estimate of drug-likeness (QED) is 0.519. The van der Waals surface area contributed by atoms with E-state index in [2.05, 4.69) is 10.6 Å². The van der Waals surface area contributed by atoms with Gasteiger partial charge in [0.1, 0.15) is 5.60 Å². The van der Waals surface area contributed by atoms with Gasteiger partial charge in [-0.05, 0) is 57.9 Å². The Labute approximate surface area is 148 Å². The van der Waals surface area contributed by atoms with Crippen LogP contribution in [0.3, 0.4) is 0 Å². The highest BCUT2D eigenvalue weighted by Crippen LogP contribution is 2.16. The molecule has 0 unspecified atom stereocenters. The van der Waals surface area contributed by atoms with Crippen molar-refractivity contribution in [3.05, 3.63) is 29.8 Å². The number of amides is 3. The number of anilines is 1. The maximum Gasteiger partial charge on any atom is 0.338 e. The summed E-state index contributed by atoms with van der Waals surface area (Å²) in [6.45, 7) is 7.67. The van der Waals surface area contributed by atoms with Crippen LogP contribution in [0.25, 0.3) is 0 Å². The largest absolute Gasteiger partial charge is 0.456 e. The molecule has 0 bridgehead atoms. The zero-order valence-corrected chi connectivity index (χ0v) is 15.2. The molecule has 0 aliphatic heterocycles. The first-order chi connectivity index (χ1) is 11.6. The lowest BCUT2D eigenvalue weighted by molar-refractivity contribution is -0.119. The number of carbonyl (C=O) groups is 3. The summed E-state index contributed by atoms with van der Waals surface area (Å²) in [6, 6.07) is 6.00. The average molecular weight is 349 g/mol. The highest BCUT2D eigenvalue weighted by Gasteiger charge is 2.18. The molecule has 0 radical (unpaired) electrons. The van der Waals surface area contributed by atoms with E-state index in [1.165, 1.54) is 0 Å². The number of rotatable bonds is 7. The van der Waals surface area contributed by atoms with E-state index in [0.717, 1.165) is 0 Å². The summed E-state index contributed by atoms with van der Waals surface area (Å²) < 4.78 is 5.29. The van der Waals surface area contributed by atoms with Crippen LogP contribution in [-0.4, -0.2) is 30.1 Å². The lowest BCUT2D eigenvalue weighted by Gasteiger charge is -2.19. The normalized spacial score (nSPS) is 12.2. The predicted molar refractivity (Wildman–Crippen MR) is 96.2 cm³/mol. The molecular weight excluding hydrogens is 322 g/mol. The number of carbonyl (C=O) groups excluding carboxylic acids is 3. The molecule has 7 heteroatoms. The number of primary amides is 1. The Hall–Kier alpha value is -2.57. The lowest BCUT2D eigenvalue weighted by Crippen LogP contribution is -2.30. The number of esters is 1. The molecule has 3 amide bonds. The fraction of sp³-hybridized carbons (Fsp3) is 0.500. The molecule has 0 spiro atoms. The maximum absolute atomic E-state index is 12.1. The summed E-state index contributed by atoms with van der Waals surface area (Å²) in [4.78, 5) is 34.7. The van der Waals surface area contributed by atoms with Gasteiger partial charge in [-0.3, -0.25) is 4.79 Å². The van der Waals surface area contributed by atoms with Gasteiger partial charge in [0, 0.05) is 18.2 Å². The Morgan fingerprint density at radius 3 is 2.28 bits per heavy atom. The van der Waals surface area contributed by atoms with Gasteiger partial charge < -0.3 is 21.1 Å². The Morgan fingerprint density at radius 1 is 1.16 bits per heavy atom. The summed E-state index contributed by atoms with van der Waals surface area (Å²) in [5.41, 5.74) is 5.46. The molecule has 0 heterocycles. The highest BCUT2D eigenvalue weighted by molar-refractivity contribution is 5.94. The molecule has 7 nitrogen and oxygen atoms in total. The van der Waals surface area contributed by atoms with Crippen LogP contribution in [0.1, 0.15) is 50.9 Å². The van der Waals surface area contributed by atoms with Crippen LogP contribution < -0.4 is 16.4 Å². The van der Waals surface area contributed by atoms with Gasteiger partial charge in [-0.25, -0.2) is 9.59 Å². The number of hydrogen-bond donors (Lipinski definition) is 3. The van der Waals surface area contributed by atoms with E-state index in [1.54, 1.807) is 45.0 Å². The van der Waals surface area contributed by atoms with Gasteiger partial charge in [-0.1, -0.05) is 6.92 Å². The molecular formula is C18H27N3O4. The van der Waals surface area contributed by atoms with Gasteiger partial charge in [0.05, 0.1) is 5.56 Å². The molecule has 138 valence electrons. The van der Waals surface area contributed by atoms with Gasteiger partial charge in [-0.2, -0.15) is 0 Å². The molecule has 0 aromatic heterocycles. The third kappa shape index (κ3) is 8.19. The van der Waals surface area contributed by atoms with Crippen molar-refractivity contribution in [1.29, 1.82) is 0 Å². The van der Waals surface area contributed by atoms with Crippen molar-refractivity contribution in [3.63, 3.8) is 0 Å². The van der Waals surface area contributed by atoms with Gasteiger partial charge in [0.2, 0.25) is 5.91 Å². The Morgan fingerprint density at radius 2 is 1.76 bits per heavy atom. The van der Waals surface area contributed by atoms with Crippen LogP contribution in [0.15, 0.2) is 24.3 Å². The van der Waals surface area contributed by atoms with E-state index < -0.39 is 17.6 Å². The monoisotopic (exact) mass is 349 g/mol. The maximum atomic E-state index is 12.1. The Kier molecular flexibility index (Phi) is 7.42. The van der Waals surface area contributed by atoms with Crippen LogP contribution in [0.4, 0.5) is 10.5 Å². The fourth-order valence-corrected chi connectivity index (χ4v) is 2.04. The molecule has 0 saturated heterocycles. The van der Waals surface area contributed by atoms with Crippen LogP contribution in [0.5, 0.6) is 0 Å². The fourth-order valence-electron chi connectivity index (χ4n) is 2.04. The Bertz CT molecular complexity index is 606. The van der Waals surface area contributed by atoms with Crippen molar-refractivity contribution in [3.8, 4) is 0 Å². The first-order valence-electron chi connectivity index (χ1n) is 8.26. The summed E-state index contributed by atoms with van der Waals surface area (Å²) in [5, 5.41) is 5.29. The molecule has 0 aliphatic carbocycles. The summed E-state index contributed by atoms with van der Waals surface area (Å²) in [6.07, 6.45) is 1.29. The van der Waals surface area contributed by atoms with Crippen LogP contribution >= 0.6 is 0 Å². The van der Waals surface area contributed by atoms with Gasteiger partial charge in [0.25, 0.3) is 0 Å². The number of ether oxygens (including phenoxy) is 1. The number of nitrogens with two attached hydrogens (primary N) is 1. The molecule has 0 aliphatic rings. The lowest BCUT2D eigenvalue weighted by atomic mass is 10.0. The first kappa shape index (κ1) is 20.5. The minimum atomic E-state index is -0.567. The second-order valence-corrected chi connectivity index (χ2v) is 6.90. The Balaban J connectivity index is 2.50. The third-order valence-electron chi connectivity index (χ3n) is 3.35. The molecule has 1 aromatic rings. The molecule has 0 saturated carbocycles. The van der Waals surface area contributed by atoms with Crippen molar-refractivity contribution in [1.82, 2.24) is 5.32 Å². The van der Waals surface area contributed by atoms with E-state index in [-0.39, 0.29) is 11.8 Å². The van der Waals surface area contributed by atoms with E-state index >= 15 is 0 Å².